The number of aromatic nitrogens is 2. The number of nitrogens with one attached hydrogen (secondary N) is 1. The molecular formula is C23H28N6O4S. The first-order chi connectivity index (χ1) is 16.1. The molecule has 1 aliphatic heterocycles. The second kappa shape index (κ2) is 9.19. The van der Waals surface area contributed by atoms with Crippen molar-refractivity contribution >= 4 is 27.5 Å². The van der Waals surface area contributed by atoms with Crippen molar-refractivity contribution < 1.29 is 18.0 Å². The fourth-order valence-electron chi connectivity index (χ4n) is 4.45. The Morgan fingerprint density at radius 1 is 1.26 bits per heavy atom. The molecule has 1 aromatic heterocycles. The van der Waals surface area contributed by atoms with Gasteiger partial charge in [-0.05, 0) is 37.3 Å². The Bertz CT molecular complexity index is 1250. The van der Waals surface area contributed by atoms with Gasteiger partial charge in [-0.3, -0.25) is 19.2 Å². The molecule has 11 heteroatoms. The first kappa shape index (κ1) is 23.9. The van der Waals surface area contributed by atoms with Crippen molar-refractivity contribution in [2.45, 2.75) is 49.1 Å². The van der Waals surface area contributed by atoms with Gasteiger partial charge in [-0.1, -0.05) is 18.2 Å². The van der Waals surface area contributed by atoms with Crippen molar-refractivity contribution in [2.24, 2.45) is 11.7 Å². The second-order valence-electron chi connectivity index (χ2n) is 9.18. The summed E-state index contributed by atoms with van der Waals surface area (Å²) in [5, 5.41) is 16.7. The molecule has 2 heterocycles. The van der Waals surface area contributed by atoms with Crippen LogP contribution in [0.3, 0.4) is 0 Å². The molecule has 0 spiro atoms. The van der Waals surface area contributed by atoms with E-state index in [0.717, 1.165) is 18.4 Å². The average Bonchev–Trinajstić information content (AvgIpc) is 3.55. The van der Waals surface area contributed by atoms with Crippen LogP contribution in [-0.2, 0) is 26.7 Å². The van der Waals surface area contributed by atoms with Gasteiger partial charge in [-0.15, -0.1) is 0 Å². The fraction of sp³-hybridized carbons (Fsp3) is 0.478. The van der Waals surface area contributed by atoms with Gasteiger partial charge in [0, 0.05) is 38.0 Å². The zero-order valence-corrected chi connectivity index (χ0v) is 19.8. The number of nitrogens with zero attached hydrogens (tertiary/aromatic N) is 4. The van der Waals surface area contributed by atoms with E-state index in [-0.39, 0.29) is 29.6 Å². The summed E-state index contributed by atoms with van der Waals surface area (Å²) in [5.41, 5.74) is 5.73. The highest BCUT2D eigenvalue weighted by atomic mass is 32.2. The van der Waals surface area contributed by atoms with Crippen LogP contribution in [0.2, 0.25) is 0 Å². The Kier molecular flexibility index (Phi) is 6.47. The normalized spacial score (nSPS) is 18.2. The van der Waals surface area contributed by atoms with Crippen LogP contribution in [0.1, 0.15) is 48.0 Å². The molecule has 1 aromatic carbocycles. The van der Waals surface area contributed by atoms with Crippen molar-refractivity contribution in [3.8, 4) is 6.07 Å². The van der Waals surface area contributed by atoms with Crippen LogP contribution in [0, 0.1) is 17.2 Å². The van der Waals surface area contributed by atoms with Crippen LogP contribution in [-0.4, -0.2) is 54.3 Å². The van der Waals surface area contributed by atoms with Gasteiger partial charge < -0.3 is 11.1 Å². The van der Waals surface area contributed by atoms with Crippen LogP contribution in [0.15, 0.2) is 35.4 Å². The lowest BCUT2D eigenvalue weighted by Gasteiger charge is -2.41. The molecular weight excluding hydrogens is 456 g/mol. The number of anilines is 1. The van der Waals surface area contributed by atoms with E-state index in [9.17, 15) is 23.3 Å². The predicted octanol–water partition coefficient (Wildman–Crippen LogP) is 1.64. The number of carbonyl (C=O) groups excluding carboxylic acids is 2. The first-order valence-corrected chi connectivity index (χ1v) is 13.1. The third-order valence-corrected chi connectivity index (χ3v) is 7.81. The summed E-state index contributed by atoms with van der Waals surface area (Å²) in [6.45, 7) is 1.69. The van der Waals surface area contributed by atoms with Crippen molar-refractivity contribution in [3.05, 3.63) is 41.6 Å². The smallest absolute Gasteiger partial charge is 0.254 e. The van der Waals surface area contributed by atoms with Crippen LogP contribution < -0.4 is 11.1 Å². The Balaban J connectivity index is 1.54. The number of primary amides is 1. The highest BCUT2D eigenvalue weighted by molar-refractivity contribution is 7.90. The number of nitriles is 1. The minimum Gasteiger partial charge on any atom is -0.365 e. The van der Waals surface area contributed by atoms with Crippen molar-refractivity contribution in [1.29, 1.82) is 5.26 Å². The number of nitrogens with two attached hydrogens (primary N) is 1. The molecule has 34 heavy (non-hydrogen) atoms. The third-order valence-electron chi connectivity index (χ3n) is 6.62. The molecule has 2 fully saturated rings. The molecule has 3 N–H and O–H groups in total. The molecule has 1 aliphatic carbocycles. The summed E-state index contributed by atoms with van der Waals surface area (Å²) in [7, 11) is -3.34. The molecule has 1 saturated carbocycles. The van der Waals surface area contributed by atoms with Crippen molar-refractivity contribution in [1.82, 2.24) is 14.7 Å². The Labute approximate surface area is 198 Å². The Hall–Kier alpha value is -3.23. The van der Waals surface area contributed by atoms with Gasteiger partial charge >= 0.3 is 0 Å². The number of benzene rings is 1. The Morgan fingerprint density at radius 2 is 1.94 bits per heavy atom. The van der Waals surface area contributed by atoms with E-state index >= 15 is 0 Å². The van der Waals surface area contributed by atoms with Crippen molar-refractivity contribution in [3.63, 3.8) is 0 Å². The van der Waals surface area contributed by atoms with E-state index in [1.54, 1.807) is 16.8 Å². The van der Waals surface area contributed by atoms with Crippen LogP contribution in [0.5, 0.6) is 0 Å². The number of piperidine rings is 1. The van der Waals surface area contributed by atoms with E-state index in [4.69, 9.17) is 5.73 Å². The van der Waals surface area contributed by atoms with E-state index in [1.165, 1.54) is 12.5 Å². The molecule has 2 aliphatic rings. The maximum Gasteiger partial charge on any atom is 0.254 e. The average molecular weight is 485 g/mol. The maximum absolute atomic E-state index is 12.2. The van der Waals surface area contributed by atoms with Gasteiger partial charge in [-0.2, -0.15) is 10.4 Å². The van der Waals surface area contributed by atoms with Gasteiger partial charge in [0.05, 0.1) is 22.9 Å². The number of hydrogen-bond acceptors (Lipinski definition) is 7. The van der Waals surface area contributed by atoms with Crippen molar-refractivity contribution in [2.75, 3.05) is 24.7 Å². The summed E-state index contributed by atoms with van der Waals surface area (Å²) in [4.78, 5) is 26.7. The molecule has 2 aromatic rings. The molecule has 4 rings (SSSR count). The molecule has 180 valence electrons. The predicted molar refractivity (Wildman–Crippen MR) is 124 cm³/mol. The van der Waals surface area contributed by atoms with Gasteiger partial charge in [-0.25, -0.2) is 8.42 Å². The lowest BCUT2D eigenvalue weighted by Crippen LogP contribution is -2.46. The highest BCUT2D eigenvalue weighted by Crippen LogP contribution is 2.36. The number of likely N-dealkylation sites (tertiary alicyclic amines) is 1. The van der Waals surface area contributed by atoms with E-state index < -0.39 is 21.3 Å². The lowest BCUT2D eigenvalue weighted by molar-refractivity contribution is -0.117. The number of carbonyl (C=O) groups is 2. The minimum absolute atomic E-state index is 0.0583. The van der Waals surface area contributed by atoms with E-state index in [0.29, 0.717) is 37.4 Å². The zero-order chi connectivity index (χ0) is 24.5. The molecule has 0 bridgehead atoms. The monoisotopic (exact) mass is 484 g/mol. The molecule has 0 atom stereocenters. The maximum atomic E-state index is 12.2. The van der Waals surface area contributed by atoms with Crippen LogP contribution in [0.4, 0.5) is 5.82 Å². The van der Waals surface area contributed by atoms with Gasteiger partial charge in [0.2, 0.25) is 5.91 Å². The lowest BCUT2D eigenvalue weighted by atomic mass is 9.84. The number of hydrogen-bond donors (Lipinski definition) is 2. The first-order valence-electron chi connectivity index (χ1n) is 11.2. The Morgan fingerprint density at radius 3 is 2.53 bits per heavy atom. The summed E-state index contributed by atoms with van der Waals surface area (Å²) in [6, 6.07) is 9.19. The van der Waals surface area contributed by atoms with Gasteiger partial charge in [0.15, 0.2) is 15.7 Å². The summed E-state index contributed by atoms with van der Waals surface area (Å²) >= 11 is 0. The third kappa shape index (κ3) is 4.98. The molecule has 0 unspecified atom stereocenters. The minimum atomic E-state index is -3.34. The summed E-state index contributed by atoms with van der Waals surface area (Å²) in [5.74, 6) is -0.802. The van der Waals surface area contributed by atoms with Gasteiger partial charge in [0.1, 0.15) is 5.56 Å². The quantitative estimate of drug-likeness (QED) is 0.578. The standard InChI is InChI=1S/C23H28N6O4S/c1-34(32,33)19-5-3-2-4-17(19)14-28-12-9-23(8-11-24,10-13-28)29-15-18(20(25)30)21(27-29)26-22(31)16-6-7-16/h2-5,15-16H,6-10,12-14H2,1H3,(H2,25,30)(H,26,27,31). The largest absolute Gasteiger partial charge is 0.365 e. The number of amides is 2. The second-order valence-corrected chi connectivity index (χ2v) is 11.2. The van der Waals surface area contributed by atoms with E-state index in [1.807, 2.05) is 12.1 Å². The van der Waals surface area contributed by atoms with Gasteiger partial charge in [0.25, 0.3) is 5.91 Å². The zero-order valence-electron chi connectivity index (χ0n) is 19.0. The summed E-state index contributed by atoms with van der Waals surface area (Å²) < 4.78 is 25.9. The molecule has 2 amide bonds. The summed E-state index contributed by atoms with van der Waals surface area (Å²) in [6.07, 6.45) is 5.67. The molecule has 10 nitrogen and oxygen atoms in total. The number of rotatable bonds is 8. The van der Waals surface area contributed by atoms with Crippen LogP contribution >= 0.6 is 0 Å². The van der Waals surface area contributed by atoms with Crippen LogP contribution in [0.25, 0.3) is 0 Å². The highest BCUT2D eigenvalue weighted by Gasteiger charge is 2.39. The molecule has 1 saturated heterocycles. The SMILES string of the molecule is CS(=O)(=O)c1ccccc1CN1CCC(CC#N)(n2cc(C(N)=O)c(NC(=O)C3CC3)n2)CC1. The topological polar surface area (TPSA) is 151 Å². The molecule has 0 radical (unpaired) electrons. The fourth-order valence-corrected chi connectivity index (χ4v) is 5.39. The van der Waals surface area contributed by atoms with E-state index in [2.05, 4.69) is 21.4 Å². The number of sulfone groups is 1.